The molecule has 0 fully saturated rings. The molecule has 2 amide bonds. The molecule has 2 bridgehead atoms. The highest BCUT2D eigenvalue weighted by Gasteiger charge is 2.22. The van der Waals surface area contributed by atoms with E-state index >= 15 is 0 Å². The van der Waals surface area contributed by atoms with E-state index in [9.17, 15) is 9.59 Å². The minimum Gasteiger partial charge on any atom is -0.495 e. The number of methoxy groups -OCH3 is 2. The van der Waals surface area contributed by atoms with E-state index in [1.807, 2.05) is 37.3 Å². The monoisotopic (exact) mass is 521 g/mol. The maximum atomic E-state index is 12.9. The fourth-order valence-electron chi connectivity index (χ4n) is 4.14. The van der Waals surface area contributed by atoms with Crippen LogP contribution in [0.5, 0.6) is 5.75 Å². The molecule has 1 aliphatic rings. The second-order valence-electron chi connectivity index (χ2n) is 9.22. The van der Waals surface area contributed by atoms with Gasteiger partial charge in [0.05, 0.1) is 25.5 Å². The predicted molar refractivity (Wildman–Crippen MR) is 143 cm³/mol. The van der Waals surface area contributed by atoms with Crippen LogP contribution in [0, 0.1) is 5.92 Å². The zero-order chi connectivity index (χ0) is 26.5. The lowest BCUT2D eigenvalue weighted by atomic mass is 9.96. The van der Waals surface area contributed by atoms with E-state index in [-0.39, 0.29) is 24.0 Å². The number of carbonyl (C=O) groups excluding carboxylic acids is 2. The van der Waals surface area contributed by atoms with Crippen molar-refractivity contribution in [1.29, 1.82) is 0 Å². The van der Waals surface area contributed by atoms with Crippen molar-refractivity contribution in [2.45, 2.75) is 58.1 Å². The molecule has 2 unspecified atom stereocenters. The highest BCUT2D eigenvalue weighted by atomic mass is 35.5. The van der Waals surface area contributed by atoms with E-state index in [0.29, 0.717) is 61.7 Å². The Morgan fingerprint density at radius 2 is 2.08 bits per heavy atom. The number of fused-ring (bicyclic) bond motifs is 2. The fourth-order valence-corrected chi connectivity index (χ4v) is 4.46. The fraction of sp³-hybridized carbons (Fsp3) is 0.556. The van der Waals surface area contributed by atoms with Crippen molar-refractivity contribution in [3.05, 3.63) is 46.5 Å². The number of hydroxylamine groups is 1. The number of amides is 2. The summed E-state index contributed by atoms with van der Waals surface area (Å²) in [4.78, 5) is 31.2. The first-order valence-corrected chi connectivity index (χ1v) is 12.7. The van der Waals surface area contributed by atoms with Gasteiger partial charge in [-0.2, -0.15) is 0 Å². The first-order valence-electron chi connectivity index (χ1n) is 12.3. The van der Waals surface area contributed by atoms with Gasteiger partial charge in [0.1, 0.15) is 10.8 Å². The van der Waals surface area contributed by atoms with E-state index < -0.39 is 0 Å². The molecule has 2 N–H and O–H groups in total. The third-order valence-electron chi connectivity index (χ3n) is 6.33. The van der Waals surface area contributed by atoms with E-state index in [1.54, 1.807) is 26.2 Å². The number of rotatable bonds is 4. The summed E-state index contributed by atoms with van der Waals surface area (Å²) in [6, 6.07) is 3.79. The number of ether oxygens (including phenoxy) is 2. The van der Waals surface area contributed by atoms with Crippen LogP contribution in [-0.4, -0.2) is 58.9 Å². The van der Waals surface area contributed by atoms with E-state index in [4.69, 9.17) is 25.9 Å². The second-order valence-corrected chi connectivity index (χ2v) is 9.59. The van der Waals surface area contributed by atoms with Crippen molar-refractivity contribution in [2.75, 3.05) is 39.3 Å². The van der Waals surface area contributed by atoms with Crippen molar-refractivity contribution in [3.8, 4) is 5.75 Å². The molecular weight excluding hydrogens is 482 g/mol. The highest BCUT2D eigenvalue weighted by Crippen LogP contribution is 2.36. The molecule has 1 aromatic carbocycles. The van der Waals surface area contributed by atoms with Crippen LogP contribution < -0.4 is 20.4 Å². The van der Waals surface area contributed by atoms with Crippen molar-refractivity contribution in [2.24, 2.45) is 5.92 Å². The minimum atomic E-state index is -0.0784. The van der Waals surface area contributed by atoms with Crippen LogP contribution >= 0.6 is 11.6 Å². The molecule has 200 valence electrons. The lowest BCUT2D eigenvalue weighted by Gasteiger charge is -2.26. The van der Waals surface area contributed by atoms with Crippen molar-refractivity contribution < 1.29 is 23.9 Å². The van der Waals surface area contributed by atoms with Gasteiger partial charge in [0.2, 0.25) is 12.3 Å². The number of allylic oxidation sites excluding steroid dienone is 3. The van der Waals surface area contributed by atoms with Crippen molar-refractivity contribution in [1.82, 2.24) is 10.8 Å². The van der Waals surface area contributed by atoms with Gasteiger partial charge in [0.25, 0.3) is 0 Å². The highest BCUT2D eigenvalue weighted by molar-refractivity contribution is 6.35. The second kappa shape index (κ2) is 15.7. The van der Waals surface area contributed by atoms with Gasteiger partial charge in [0.15, 0.2) is 0 Å². The van der Waals surface area contributed by atoms with Gasteiger partial charge < -0.3 is 24.5 Å². The standard InChI is InChI=1S/C27H40ClN3O5/c1-19-9-6-7-10-22(29-18-32)16-24(34-4)20(2)17-36-30-12-8-11-26(33)31(3)23-14-21(13-19)15-25(35-5)27(23)28/h6-7,9,14-15,18,20,22,24,30H,8,10-13,16-17H2,1-5H3,(H,29,32)/b7-6+,19-9+/t20-,22?,24?/m0/s1. The Morgan fingerprint density at radius 1 is 1.31 bits per heavy atom. The van der Waals surface area contributed by atoms with Crippen LogP contribution in [0.3, 0.4) is 0 Å². The molecule has 0 radical (unpaired) electrons. The molecule has 0 aliphatic carbocycles. The Kier molecular flexibility index (Phi) is 13.0. The number of nitrogens with zero attached hydrogens (tertiary/aromatic N) is 1. The zero-order valence-corrected chi connectivity index (χ0v) is 22.8. The van der Waals surface area contributed by atoms with Crippen LogP contribution in [0.4, 0.5) is 5.69 Å². The molecule has 3 atom stereocenters. The molecule has 0 spiro atoms. The largest absolute Gasteiger partial charge is 0.495 e. The Labute approximate surface area is 219 Å². The summed E-state index contributed by atoms with van der Waals surface area (Å²) in [5, 5.41) is 3.31. The van der Waals surface area contributed by atoms with Gasteiger partial charge in [-0.25, -0.2) is 5.48 Å². The number of carbonyl (C=O) groups is 2. The van der Waals surface area contributed by atoms with Gasteiger partial charge in [-0.3, -0.25) is 9.59 Å². The third kappa shape index (κ3) is 9.24. The van der Waals surface area contributed by atoms with E-state index in [2.05, 4.69) is 17.7 Å². The van der Waals surface area contributed by atoms with Crippen LogP contribution in [0.2, 0.25) is 5.02 Å². The van der Waals surface area contributed by atoms with Crippen molar-refractivity contribution >= 4 is 29.6 Å². The molecule has 0 saturated carbocycles. The number of hydrogen-bond acceptors (Lipinski definition) is 6. The molecule has 0 saturated heterocycles. The first-order chi connectivity index (χ1) is 17.3. The summed E-state index contributed by atoms with van der Waals surface area (Å²) in [5.41, 5.74) is 5.69. The molecule has 1 aromatic rings. The number of benzene rings is 1. The van der Waals surface area contributed by atoms with E-state index in [0.717, 1.165) is 17.5 Å². The van der Waals surface area contributed by atoms with Crippen LogP contribution in [-0.2, 0) is 25.6 Å². The first kappa shape index (κ1) is 29.8. The van der Waals surface area contributed by atoms with Gasteiger partial charge in [-0.05, 0) is 50.3 Å². The average Bonchev–Trinajstić information content (AvgIpc) is 2.86. The maximum Gasteiger partial charge on any atom is 0.226 e. The van der Waals surface area contributed by atoms with E-state index in [1.165, 1.54) is 0 Å². The van der Waals surface area contributed by atoms with Gasteiger partial charge in [-0.1, -0.05) is 42.3 Å². The number of halogens is 1. The Morgan fingerprint density at radius 3 is 2.78 bits per heavy atom. The number of nitrogens with one attached hydrogen (secondary N) is 2. The Bertz CT molecular complexity index is 921. The van der Waals surface area contributed by atoms with Crippen LogP contribution in [0.25, 0.3) is 0 Å². The summed E-state index contributed by atoms with van der Waals surface area (Å²) in [6.45, 7) is 5.08. The zero-order valence-electron chi connectivity index (χ0n) is 22.0. The van der Waals surface area contributed by atoms with Gasteiger partial charge in [0, 0.05) is 39.1 Å². The molecule has 9 heteroatoms. The number of anilines is 1. The SMILES string of the molecule is COc1cc2cc(c1Cl)N(C)C(=O)CCCNOC[C@H](C)C(OC)CC(NC=O)C/C=C/C=C(\C)C2. The van der Waals surface area contributed by atoms with Gasteiger partial charge in [-0.15, -0.1) is 0 Å². The molecule has 1 heterocycles. The summed E-state index contributed by atoms with van der Waals surface area (Å²) in [6.07, 6.45) is 9.72. The van der Waals surface area contributed by atoms with Gasteiger partial charge >= 0.3 is 0 Å². The third-order valence-corrected chi connectivity index (χ3v) is 6.71. The molecule has 8 nitrogen and oxygen atoms in total. The Hall–Kier alpha value is -2.39. The molecule has 2 rings (SSSR count). The summed E-state index contributed by atoms with van der Waals surface area (Å²) >= 11 is 6.56. The average molecular weight is 522 g/mol. The normalized spacial score (nSPS) is 25.7. The lowest BCUT2D eigenvalue weighted by molar-refractivity contribution is -0.118. The molecular formula is C27H40ClN3O5. The van der Waals surface area contributed by atoms with Crippen LogP contribution in [0.1, 0.15) is 45.1 Å². The number of hydrogen-bond donors (Lipinski definition) is 2. The molecule has 0 aromatic heterocycles. The maximum absolute atomic E-state index is 12.9. The minimum absolute atomic E-state index is 0.0412. The summed E-state index contributed by atoms with van der Waals surface area (Å²) in [7, 11) is 4.97. The van der Waals surface area contributed by atoms with Crippen LogP contribution in [0.15, 0.2) is 35.9 Å². The quantitative estimate of drug-likeness (QED) is 0.577. The topological polar surface area (TPSA) is 89.1 Å². The smallest absolute Gasteiger partial charge is 0.226 e. The lowest BCUT2D eigenvalue weighted by Crippen LogP contribution is -2.36. The predicted octanol–water partition coefficient (Wildman–Crippen LogP) is 4.22. The Balaban J connectivity index is 2.29. The summed E-state index contributed by atoms with van der Waals surface area (Å²) in [5.74, 6) is 0.598. The molecule has 36 heavy (non-hydrogen) atoms. The summed E-state index contributed by atoms with van der Waals surface area (Å²) < 4.78 is 11.2. The van der Waals surface area contributed by atoms with Crippen molar-refractivity contribution in [3.63, 3.8) is 0 Å². The molecule has 1 aliphatic heterocycles.